The molecule has 1 N–H and O–H groups in total. The van der Waals surface area contributed by atoms with Gasteiger partial charge in [-0.1, -0.05) is 32.8 Å². The maximum absolute atomic E-state index is 6.02. The van der Waals surface area contributed by atoms with E-state index in [4.69, 9.17) is 4.74 Å². The summed E-state index contributed by atoms with van der Waals surface area (Å²) in [7, 11) is 0. The first-order chi connectivity index (χ1) is 9.31. The summed E-state index contributed by atoms with van der Waals surface area (Å²) in [6, 6.07) is 4.10. The highest BCUT2D eigenvalue weighted by molar-refractivity contribution is 5.18. The summed E-state index contributed by atoms with van der Waals surface area (Å²) in [4.78, 5) is 4.41. The van der Waals surface area contributed by atoms with Gasteiger partial charge < -0.3 is 10.1 Å². The molecule has 106 valence electrons. The second-order valence-corrected chi connectivity index (χ2v) is 5.47. The molecule has 1 aliphatic carbocycles. The van der Waals surface area contributed by atoms with Crippen molar-refractivity contribution in [3.63, 3.8) is 0 Å². The minimum Gasteiger partial charge on any atom is -0.474 e. The van der Waals surface area contributed by atoms with E-state index in [9.17, 15) is 0 Å². The van der Waals surface area contributed by atoms with Crippen molar-refractivity contribution in [1.29, 1.82) is 0 Å². The number of aromatic nitrogens is 1. The van der Waals surface area contributed by atoms with Gasteiger partial charge in [0, 0.05) is 18.8 Å². The van der Waals surface area contributed by atoms with E-state index < -0.39 is 0 Å². The Hall–Kier alpha value is -1.09. The third-order valence-corrected chi connectivity index (χ3v) is 3.98. The molecule has 1 fully saturated rings. The highest BCUT2D eigenvalue weighted by atomic mass is 16.5. The predicted molar refractivity (Wildman–Crippen MR) is 78.3 cm³/mol. The summed E-state index contributed by atoms with van der Waals surface area (Å²) >= 11 is 0. The van der Waals surface area contributed by atoms with Crippen molar-refractivity contribution < 1.29 is 4.74 Å². The Morgan fingerprint density at radius 3 is 2.89 bits per heavy atom. The number of hydrogen-bond donors (Lipinski definition) is 1. The van der Waals surface area contributed by atoms with Crippen LogP contribution in [0.2, 0.25) is 0 Å². The van der Waals surface area contributed by atoms with Crippen molar-refractivity contribution >= 4 is 0 Å². The summed E-state index contributed by atoms with van der Waals surface area (Å²) < 4.78 is 6.02. The van der Waals surface area contributed by atoms with Crippen molar-refractivity contribution in [1.82, 2.24) is 10.3 Å². The molecule has 1 heterocycles. The van der Waals surface area contributed by atoms with Crippen molar-refractivity contribution in [2.24, 2.45) is 5.92 Å². The Bertz CT molecular complexity index is 364. The highest BCUT2D eigenvalue weighted by Gasteiger charge is 2.22. The van der Waals surface area contributed by atoms with E-state index in [1.54, 1.807) is 0 Å². The van der Waals surface area contributed by atoms with Crippen molar-refractivity contribution in [2.75, 3.05) is 6.54 Å². The first-order valence-corrected chi connectivity index (χ1v) is 7.64. The molecule has 2 rings (SSSR count). The molecule has 0 aromatic carbocycles. The SMILES string of the molecule is CCNCc1ccc(OC2CCCC(CC)C2)nc1. The van der Waals surface area contributed by atoms with Crippen LogP contribution in [0, 0.1) is 5.92 Å². The van der Waals surface area contributed by atoms with E-state index in [1.165, 1.54) is 37.7 Å². The number of pyridine rings is 1. The third kappa shape index (κ3) is 4.50. The smallest absolute Gasteiger partial charge is 0.213 e. The molecule has 1 aromatic rings. The molecule has 19 heavy (non-hydrogen) atoms. The highest BCUT2D eigenvalue weighted by Crippen LogP contribution is 2.29. The maximum atomic E-state index is 6.02. The van der Waals surface area contributed by atoms with Gasteiger partial charge in [0.25, 0.3) is 0 Å². The molecule has 1 aliphatic rings. The van der Waals surface area contributed by atoms with Crippen LogP contribution in [-0.2, 0) is 6.54 Å². The van der Waals surface area contributed by atoms with E-state index in [-0.39, 0.29) is 0 Å². The first kappa shape index (κ1) is 14.3. The first-order valence-electron chi connectivity index (χ1n) is 7.64. The molecule has 2 unspecified atom stereocenters. The summed E-state index contributed by atoms with van der Waals surface area (Å²) in [5.74, 6) is 1.62. The monoisotopic (exact) mass is 262 g/mol. The number of nitrogens with one attached hydrogen (secondary N) is 1. The average Bonchev–Trinajstić information content (AvgIpc) is 2.47. The molecule has 2 atom stereocenters. The Kier molecular flexibility index (Phi) is 5.64. The third-order valence-electron chi connectivity index (χ3n) is 3.98. The van der Waals surface area contributed by atoms with Crippen molar-refractivity contribution in [3.05, 3.63) is 23.9 Å². The van der Waals surface area contributed by atoms with Gasteiger partial charge in [-0.3, -0.25) is 0 Å². The van der Waals surface area contributed by atoms with Gasteiger partial charge in [-0.2, -0.15) is 0 Å². The van der Waals surface area contributed by atoms with Crippen LogP contribution in [0.1, 0.15) is 51.5 Å². The fraction of sp³-hybridized carbons (Fsp3) is 0.688. The molecular weight excluding hydrogens is 236 g/mol. The molecule has 0 radical (unpaired) electrons. The Labute approximate surface area is 116 Å². The average molecular weight is 262 g/mol. The van der Waals surface area contributed by atoms with Crippen molar-refractivity contribution in [3.8, 4) is 5.88 Å². The summed E-state index contributed by atoms with van der Waals surface area (Å²) in [6.07, 6.45) is 8.58. The Morgan fingerprint density at radius 2 is 2.21 bits per heavy atom. The molecule has 3 heteroatoms. The standard InChI is InChI=1S/C16H26N2O/c1-3-13-6-5-7-15(10-13)19-16-9-8-14(12-18-16)11-17-4-2/h8-9,12-13,15,17H,3-7,10-11H2,1-2H3. The number of hydrogen-bond acceptors (Lipinski definition) is 3. The predicted octanol–water partition coefficient (Wildman–Crippen LogP) is 3.54. The molecule has 1 aromatic heterocycles. The summed E-state index contributed by atoms with van der Waals surface area (Å²) in [6.45, 7) is 6.25. The fourth-order valence-corrected chi connectivity index (χ4v) is 2.74. The second kappa shape index (κ2) is 7.49. The Balaban J connectivity index is 1.85. The minimum absolute atomic E-state index is 0.366. The van der Waals surface area contributed by atoms with E-state index in [0.29, 0.717) is 6.10 Å². The van der Waals surface area contributed by atoms with E-state index >= 15 is 0 Å². The van der Waals surface area contributed by atoms with Gasteiger partial charge in [-0.15, -0.1) is 0 Å². The van der Waals surface area contributed by atoms with Gasteiger partial charge in [0.05, 0.1) is 0 Å². The van der Waals surface area contributed by atoms with E-state index in [1.807, 2.05) is 12.3 Å². The molecule has 0 spiro atoms. The number of nitrogens with zero attached hydrogens (tertiary/aromatic N) is 1. The number of ether oxygens (including phenoxy) is 1. The number of rotatable bonds is 6. The van der Waals surface area contributed by atoms with Crippen LogP contribution in [0.25, 0.3) is 0 Å². The lowest BCUT2D eigenvalue weighted by Gasteiger charge is -2.28. The fourth-order valence-electron chi connectivity index (χ4n) is 2.74. The zero-order chi connectivity index (χ0) is 13.5. The van der Waals surface area contributed by atoms with Gasteiger partial charge in [0.1, 0.15) is 6.10 Å². The van der Waals surface area contributed by atoms with Gasteiger partial charge in [-0.25, -0.2) is 4.98 Å². The molecule has 3 nitrogen and oxygen atoms in total. The largest absolute Gasteiger partial charge is 0.474 e. The molecule has 0 bridgehead atoms. The van der Waals surface area contributed by atoms with Crippen LogP contribution in [-0.4, -0.2) is 17.6 Å². The van der Waals surface area contributed by atoms with Crippen LogP contribution in [0.5, 0.6) is 5.88 Å². The molecule has 0 aliphatic heterocycles. The second-order valence-electron chi connectivity index (χ2n) is 5.47. The zero-order valence-electron chi connectivity index (χ0n) is 12.2. The van der Waals surface area contributed by atoms with Crippen molar-refractivity contribution in [2.45, 2.75) is 58.6 Å². The van der Waals surface area contributed by atoms with Crippen LogP contribution >= 0.6 is 0 Å². The molecular formula is C16H26N2O. The van der Waals surface area contributed by atoms with Crippen LogP contribution in [0.15, 0.2) is 18.3 Å². The maximum Gasteiger partial charge on any atom is 0.213 e. The zero-order valence-corrected chi connectivity index (χ0v) is 12.2. The normalized spacial score (nSPS) is 23.3. The van der Waals surface area contributed by atoms with Gasteiger partial charge in [0.2, 0.25) is 5.88 Å². The lowest BCUT2D eigenvalue weighted by atomic mass is 9.85. The quantitative estimate of drug-likeness (QED) is 0.851. The lowest BCUT2D eigenvalue weighted by Crippen LogP contribution is -2.25. The topological polar surface area (TPSA) is 34.1 Å². The van der Waals surface area contributed by atoms with Crippen LogP contribution in [0.3, 0.4) is 0 Å². The molecule has 0 saturated heterocycles. The Morgan fingerprint density at radius 1 is 1.32 bits per heavy atom. The lowest BCUT2D eigenvalue weighted by molar-refractivity contribution is 0.117. The van der Waals surface area contributed by atoms with Crippen LogP contribution < -0.4 is 10.1 Å². The van der Waals surface area contributed by atoms with E-state index in [2.05, 4.69) is 30.2 Å². The van der Waals surface area contributed by atoms with Gasteiger partial charge in [-0.05, 0) is 37.3 Å². The summed E-state index contributed by atoms with van der Waals surface area (Å²) in [5, 5.41) is 3.30. The minimum atomic E-state index is 0.366. The molecule has 1 saturated carbocycles. The molecule has 0 amide bonds. The van der Waals surface area contributed by atoms with Gasteiger partial charge in [0.15, 0.2) is 0 Å². The van der Waals surface area contributed by atoms with E-state index in [0.717, 1.165) is 24.9 Å². The van der Waals surface area contributed by atoms with Gasteiger partial charge >= 0.3 is 0 Å². The van der Waals surface area contributed by atoms with Crippen LogP contribution in [0.4, 0.5) is 0 Å². The summed E-state index contributed by atoms with van der Waals surface area (Å²) in [5.41, 5.74) is 1.21.